The van der Waals surface area contributed by atoms with E-state index in [0.717, 1.165) is 18.8 Å². The zero-order valence-electron chi connectivity index (χ0n) is 10.1. The van der Waals surface area contributed by atoms with Crippen LogP contribution in [0.1, 0.15) is 13.8 Å². The molecule has 0 spiro atoms. The van der Waals surface area contributed by atoms with Crippen LogP contribution in [0.2, 0.25) is 0 Å². The first-order valence-electron chi connectivity index (χ1n) is 5.52. The average molecular weight is 238 g/mol. The maximum absolute atomic E-state index is 10.6. The Morgan fingerprint density at radius 2 is 2.12 bits per heavy atom. The molecule has 1 rings (SSSR count). The van der Waals surface area contributed by atoms with Gasteiger partial charge >= 0.3 is 0 Å². The lowest BCUT2D eigenvalue weighted by atomic mass is 10.2. The predicted octanol–water partition coefficient (Wildman–Crippen LogP) is 1.59. The van der Waals surface area contributed by atoms with Crippen molar-refractivity contribution >= 4 is 17.1 Å². The molecule has 0 saturated carbocycles. The summed E-state index contributed by atoms with van der Waals surface area (Å²) in [4.78, 5) is 10.1. The number of rotatable bonds is 6. The van der Waals surface area contributed by atoms with Gasteiger partial charge in [0.15, 0.2) is 0 Å². The minimum atomic E-state index is -0.487. The molecule has 4 N–H and O–H groups in total. The second-order valence-corrected chi connectivity index (χ2v) is 4.07. The van der Waals surface area contributed by atoms with E-state index in [0.29, 0.717) is 6.04 Å². The molecule has 0 aliphatic carbocycles. The fourth-order valence-corrected chi connectivity index (χ4v) is 1.40. The van der Waals surface area contributed by atoms with Crippen molar-refractivity contribution in [2.24, 2.45) is 0 Å². The fraction of sp³-hybridized carbons (Fsp3) is 0.455. The molecule has 0 aliphatic heterocycles. The summed E-state index contributed by atoms with van der Waals surface area (Å²) in [5.41, 5.74) is 6.49. The van der Waals surface area contributed by atoms with E-state index in [1.165, 1.54) is 6.07 Å². The normalized spacial score (nSPS) is 10.5. The maximum Gasteiger partial charge on any atom is 0.292 e. The molecule has 0 aliphatic rings. The van der Waals surface area contributed by atoms with Crippen molar-refractivity contribution in [1.29, 1.82) is 0 Å². The Kier molecular flexibility index (Phi) is 4.71. The van der Waals surface area contributed by atoms with Gasteiger partial charge in [0.25, 0.3) is 5.69 Å². The molecule has 0 bridgehead atoms. The van der Waals surface area contributed by atoms with E-state index in [2.05, 4.69) is 24.5 Å². The molecule has 1 aromatic carbocycles. The quantitative estimate of drug-likeness (QED) is 0.303. The van der Waals surface area contributed by atoms with Gasteiger partial charge in [-0.1, -0.05) is 13.8 Å². The van der Waals surface area contributed by atoms with Gasteiger partial charge in [0.2, 0.25) is 0 Å². The molecular formula is C11H18N4O2. The van der Waals surface area contributed by atoms with E-state index in [1.54, 1.807) is 12.1 Å². The van der Waals surface area contributed by atoms with Gasteiger partial charge in [-0.2, -0.15) is 0 Å². The van der Waals surface area contributed by atoms with E-state index in [-0.39, 0.29) is 11.4 Å². The van der Waals surface area contributed by atoms with Crippen molar-refractivity contribution in [3.63, 3.8) is 0 Å². The Bertz CT molecular complexity index is 393. The Morgan fingerprint density at radius 1 is 1.41 bits per heavy atom. The van der Waals surface area contributed by atoms with Gasteiger partial charge in [-0.3, -0.25) is 10.1 Å². The van der Waals surface area contributed by atoms with Gasteiger partial charge < -0.3 is 16.4 Å². The van der Waals surface area contributed by atoms with E-state index in [4.69, 9.17) is 5.73 Å². The Hall–Kier alpha value is -1.82. The number of nitro benzene ring substituents is 1. The molecule has 6 nitrogen and oxygen atoms in total. The highest BCUT2D eigenvalue weighted by atomic mass is 16.6. The first-order valence-corrected chi connectivity index (χ1v) is 5.52. The monoisotopic (exact) mass is 238 g/mol. The van der Waals surface area contributed by atoms with E-state index < -0.39 is 4.92 Å². The lowest BCUT2D eigenvalue weighted by molar-refractivity contribution is -0.383. The van der Waals surface area contributed by atoms with Gasteiger partial charge in [0.05, 0.1) is 4.92 Å². The lowest BCUT2D eigenvalue weighted by Crippen LogP contribution is -2.28. The highest BCUT2D eigenvalue weighted by Gasteiger charge is 2.10. The molecular weight excluding hydrogens is 220 g/mol. The molecule has 0 saturated heterocycles. The molecule has 0 heterocycles. The molecule has 94 valence electrons. The summed E-state index contributed by atoms with van der Waals surface area (Å²) in [5.74, 6) is 0. The molecule has 0 fully saturated rings. The van der Waals surface area contributed by atoms with Crippen LogP contribution in [-0.2, 0) is 0 Å². The maximum atomic E-state index is 10.6. The van der Waals surface area contributed by atoms with Crippen LogP contribution < -0.4 is 16.4 Å². The number of nitrogens with one attached hydrogen (secondary N) is 2. The second kappa shape index (κ2) is 6.05. The van der Waals surface area contributed by atoms with E-state index in [9.17, 15) is 10.1 Å². The third kappa shape index (κ3) is 4.28. The van der Waals surface area contributed by atoms with Crippen molar-refractivity contribution in [3.8, 4) is 0 Å². The van der Waals surface area contributed by atoms with Crippen LogP contribution in [0.3, 0.4) is 0 Å². The summed E-state index contributed by atoms with van der Waals surface area (Å²) in [7, 11) is 0. The minimum absolute atomic E-state index is 0.0594. The molecule has 0 amide bonds. The topological polar surface area (TPSA) is 93.2 Å². The SMILES string of the molecule is CC(C)NCCNc1ccc([N+](=O)[O-])c(N)c1. The van der Waals surface area contributed by atoms with Crippen molar-refractivity contribution < 1.29 is 4.92 Å². The summed E-state index contributed by atoms with van der Waals surface area (Å²) >= 11 is 0. The zero-order valence-corrected chi connectivity index (χ0v) is 10.1. The van der Waals surface area contributed by atoms with Crippen molar-refractivity contribution in [2.45, 2.75) is 19.9 Å². The summed E-state index contributed by atoms with van der Waals surface area (Å²) in [6, 6.07) is 5.09. The molecule has 0 unspecified atom stereocenters. The molecule has 0 radical (unpaired) electrons. The predicted molar refractivity (Wildman–Crippen MR) is 69.1 cm³/mol. The molecule has 1 aromatic rings. The van der Waals surface area contributed by atoms with Crippen molar-refractivity contribution in [1.82, 2.24) is 5.32 Å². The smallest absolute Gasteiger partial charge is 0.292 e. The van der Waals surface area contributed by atoms with Crippen LogP contribution in [0.5, 0.6) is 0 Å². The lowest BCUT2D eigenvalue weighted by Gasteiger charge is -2.10. The van der Waals surface area contributed by atoms with Gasteiger partial charge in [0.1, 0.15) is 5.69 Å². The summed E-state index contributed by atoms with van der Waals surface area (Å²) in [6.45, 7) is 5.72. The number of hydrogen-bond donors (Lipinski definition) is 3. The van der Waals surface area contributed by atoms with Gasteiger partial charge in [-0.25, -0.2) is 0 Å². The third-order valence-electron chi connectivity index (χ3n) is 2.23. The number of nitrogens with two attached hydrogens (primary N) is 1. The van der Waals surface area contributed by atoms with Crippen LogP contribution in [0.4, 0.5) is 17.1 Å². The number of nitrogens with zero attached hydrogens (tertiary/aromatic N) is 1. The molecule has 6 heteroatoms. The molecule has 0 aromatic heterocycles. The number of hydrogen-bond acceptors (Lipinski definition) is 5. The first-order chi connectivity index (χ1) is 8.00. The second-order valence-electron chi connectivity index (χ2n) is 4.07. The molecule has 0 atom stereocenters. The highest BCUT2D eigenvalue weighted by molar-refractivity contribution is 5.65. The third-order valence-corrected chi connectivity index (χ3v) is 2.23. The van der Waals surface area contributed by atoms with E-state index >= 15 is 0 Å². The standard InChI is InChI=1S/C11H18N4O2/c1-8(2)13-5-6-14-9-3-4-11(15(16)17)10(12)7-9/h3-4,7-8,13-14H,5-6,12H2,1-2H3. The Morgan fingerprint density at radius 3 is 2.65 bits per heavy atom. The highest BCUT2D eigenvalue weighted by Crippen LogP contribution is 2.24. The average Bonchev–Trinajstić information content (AvgIpc) is 2.23. The number of benzene rings is 1. The van der Waals surface area contributed by atoms with Gasteiger partial charge in [0, 0.05) is 30.9 Å². The summed E-state index contributed by atoms with van der Waals surface area (Å²) in [6.07, 6.45) is 0. The number of nitrogen functional groups attached to an aromatic ring is 1. The number of nitro groups is 1. The Balaban J connectivity index is 2.50. The van der Waals surface area contributed by atoms with E-state index in [1.807, 2.05) is 0 Å². The largest absolute Gasteiger partial charge is 0.393 e. The van der Waals surface area contributed by atoms with Crippen LogP contribution >= 0.6 is 0 Å². The van der Waals surface area contributed by atoms with Gasteiger partial charge in [-0.05, 0) is 12.1 Å². The zero-order chi connectivity index (χ0) is 12.8. The fourth-order valence-electron chi connectivity index (χ4n) is 1.40. The Labute approximate surface area is 100 Å². The van der Waals surface area contributed by atoms with Crippen LogP contribution in [0.25, 0.3) is 0 Å². The molecule has 17 heavy (non-hydrogen) atoms. The van der Waals surface area contributed by atoms with Crippen molar-refractivity contribution in [3.05, 3.63) is 28.3 Å². The summed E-state index contributed by atoms with van der Waals surface area (Å²) in [5, 5.41) is 17.0. The number of anilines is 2. The van der Waals surface area contributed by atoms with Crippen LogP contribution in [0, 0.1) is 10.1 Å². The first kappa shape index (κ1) is 13.2. The van der Waals surface area contributed by atoms with Crippen LogP contribution in [-0.4, -0.2) is 24.1 Å². The minimum Gasteiger partial charge on any atom is -0.393 e. The van der Waals surface area contributed by atoms with Crippen molar-refractivity contribution in [2.75, 3.05) is 24.1 Å². The van der Waals surface area contributed by atoms with Crippen LogP contribution in [0.15, 0.2) is 18.2 Å². The van der Waals surface area contributed by atoms with Gasteiger partial charge in [-0.15, -0.1) is 0 Å². The summed E-state index contributed by atoms with van der Waals surface area (Å²) < 4.78 is 0.